The molecular weight excluding hydrogens is 402 g/mol. The molecule has 6 heteroatoms. The quantitative estimate of drug-likeness (QED) is 0.637. The minimum atomic E-state index is -0.482. The summed E-state index contributed by atoms with van der Waals surface area (Å²) < 4.78 is 6.17. The molecule has 2 fully saturated rings. The smallest absolute Gasteiger partial charge is 0.172 e. The number of ketones is 1. The number of hydrogen-bond donors (Lipinski definition) is 3. The second kappa shape index (κ2) is 6.16. The van der Waals surface area contributed by atoms with Gasteiger partial charge in [0.05, 0.1) is 24.1 Å². The Labute approximate surface area is 189 Å². The van der Waals surface area contributed by atoms with Gasteiger partial charge in [0.1, 0.15) is 11.4 Å². The highest BCUT2D eigenvalue weighted by Gasteiger charge is 2.60. The molecule has 172 valence electrons. The van der Waals surface area contributed by atoms with E-state index in [0.29, 0.717) is 17.7 Å². The number of carbonyl (C=O) groups excluding carboxylic acids is 1. The number of benzene rings is 1. The van der Waals surface area contributed by atoms with Crippen LogP contribution in [0.4, 0.5) is 0 Å². The van der Waals surface area contributed by atoms with Crippen LogP contribution in [0.15, 0.2) is 12.1 Å². The SMILES string of the molecule is CC1(C)CC(=O)c2c(ccc3c4c([nH]c23)C(C)(C)[C@@H]2C[C@]3(CO)CCCN3C[C@]2(N)C4)O1. The third kappa shape index (κ3) is 2.54. The van der Waals surface area contributed by atoms with E-state index < -0.39 is 5.60 Å². The Bertz CT molecular complexity index is 1150. The van der Waals surface area contributed by atoms with E-state index in [1.807, 2.05) is 19.9 Å². The maximum Gasteiger partial charge on any atom is 0.172 e. The molecule has 3 atom stereocenters. The van der Waals surface area contributed by atoms with Crippen LogP contribution in [0.25, 0.3) is 10.9 Å². The fourth-order valence-electron chi connectivity index (χ4n) is 7.63. The van der Waals surface area contributed by atoms with Crippen molar-refractivity contribution in [2.45, 2.75) is 81.9 Å². The molecule has 1 aromatic heterocycles. The molecule has 4 aliphatic rings. The highest BCUT2D eigenvalue weighted by atomic mass is 16.5. The summed E-state index contributed by atoms with van der Waals surface area (Å²) in [6, 6.07) is 4.07. The Morgan fingerprint density at radius 2 is 2.03 bits per heavy atom. The molecule has 0 unspecified atom stereocenters. The lowest BCUT2D eigenvalue weighted by molar-refractivity contribution is -0.0561. The summed E-state index contributed by atoms with van der Waals surface area (Å²) in [6.07, 6.45) is 4.25. The summed E-state index contributed by atoms with van der Waals surface area (Å²) in [6.45, 7) is 10.5. The number of aromatic nitrogens is 1. The standard InChI is InChI=1S/C26H35N3O3/c1-23(2)11-17(31)20-18(32-23)7-6-15-16-10-26(27)13-29-9-5-8-25(29,14-30)12-19(26)24(3,4)22(16)28-21(15)20/h6-7,19,28,30H,5,8-14,27H2,1-4H3/t19-,25-,26+/m0/s1. The first-order valence-corrected chi connectivity index (χ1v) is 12.0. The number of fused-ring (bicyclic) bond motifs is 7. The van der Waals surface area contributed by atoms with Gasteiger partial charge < -0.3 is 20.6 Å². The number of nitrogens with zero attached hydrogens (tertiary/aromatic N) is 1. The average Bonchev–Trinajstić information content (AvgIpc) is 3.27. The fraction of sp³-hybridized carbons (Fsp3) is 0.654. The topological polar surface area (TPSA) is 91.6 Å². The van der Waals surface area contributed by atoms with E-state index in [1.54, 1.807) is 0 Å². The normalized spacial score (nSPS) is 35.1. The van der Waals surface area contributed by atoms with Crippen LogP contribution in [-0.2, 0) is 11.8 Å². The molecule has 1 aliphatic carbocycles. The van der Waals surface area contributed by atoms with Gasteiger partial charge in [-0.25, -0.2) is 0 Å². The first-order valence-electron chi connectivity index (χ1n) is 12.0. The summed E-state index contributed by atoms with van der Waals surface area (Å²) in [7, 11) is 0. The molecule has 0 saturated carbocycles. The van der Waals surface area contributed by atoms with Crippen molar-refractivity contribution in [1.82, 2.24) is 9.88 Å². The van der Waals surface area contributed by atoms with Crippen molar-refractivity contribution in [3.8, 4) is 5.75 Å². The van der Waals surface area contributed by atoms with E-state index in [0.717, 1.165) is 49.7 Å². The maximum atomic E-state index is 13.2. The van der Waals surface area contributed by atoms with Crippen molar-refractivity contribution < 1.29 is 14.6 Å². The third-order valence-corrected chi connectivity index (χ3v) is 9.12. The zero-order valence-corrected chi connectivity index (χ0v) is 19.7. The zero-order chi connectivity index (χ0) is 22.7. The Morgan fingerprint density at radius 1 is 1.25 bits per heavy atom. The molecule has 4 N–H and O–H groups in total. The number of rotatable bonds is 1. The summed E-state index contributed by atoms with van der Waals surface area (Å²) in [5, 5.41) is 11.5. The van der Waals surface area contributed by atoms with Crippen LogP contribution in [-0.4, -0.2) is 57.1 Å². The van der Waals surface area contributed by atoms with Gasteiger partial charge >= 0.3 is 0 Å². The first-order chi connectivity index (χ1) is 15.0. The van der Waals surface area contributed by atoms with Gasteiger partial charge in [-0.1, -0.05) is 13.8 Å². The van der Waals surface area contributed by atoms with E-state index in [2.05, 4.69) is 29.8 Å². The predicted octanol–water partition coefficient (Wildman–Crippen LogP) is 3.29. The van der Waals surface area contributed by atoms with Crippen molar-refractivity contribution in [1.29, 1.82) is 0 Å². The van der Waals surface area contributed by atoms with E-state index >= 15 is 0 Å². The Balaban J connectivity index is 1.52. The van der Waals surface area contributed by atoms with Crippen LogP contribution < -0.4 is 10.5 Å². The molecule has 1 aromatic carbocycles. The number of piperidine rings is 1. The molecule has 6 rings (SSSR count). The molecule has 2 aromatic rings. The molecule has 2 saturated heterocycles. The van der Waals surface area contributed by atoms with Gasteiger partial charge in [0.2, 0.25) is 0 Å². The molecule has 0 amide bonds. The minimum Gasteiger partial charge on any atom is -0.487 e. The lowest BCUT2D eigenvalue weighted by Gasteiger charge is -2.59. The van der Waals surface area contributed by atoms with Gasteiger partial charge in [0.25, 0.3) is 0 Å². The first kappa shape index (κ1) is 20.7. The number of nitrogens with one attached hydrogen (secondary N) is 1. The van der Waals surface area contributed by atoms with Crippen LogP contribution in [0, 0.1) is 5.92 Å². The van der Waals surface area contributed by atoms with Crippen LogP contribution in [0.3, 0.4) is 0 Å². The van der Waals surface area contributed by atoms with E-state index in [1.165, 1.54) is 11.3 Å². The van der Waals surface area contributed by atoms with Gasteiger partial charge in [-0.05, 0) is 69.7 Å². The highest BCUT2D eigenvalue weighted by Crippen LogP contribution is 2.55. The number of aromatic amines is 1. The number of aliphatic hydroxyl groups is 1. The molecule has 4 heterocycles. The molecular formula is C26H35N3O3. The van der Waals surface area contributed by atoms with Gasteiger partial charge in [0.15, 0.2) is 5.78 Å². The predicted molar refractivity (Wildman–Crippen MR) is 124 cm³/mol. The monoisotopic (exact) mass is 437 g/mol. The number of carbonyl (C=O) groups is 1. The van der Waals surface area contributed by atoms with Gasteiger partial charge in [-0.3, -0.25) is 9.69 Å². The lowest BCUT2D eigenvalue weighted by Crippen LogP contribution is -2.71. The Kier molecular flexibility index (Phi) is 3.98. The Hall–Kier alpha value is -1.89. The summed E-state index contributed by atoms with van der Waals surface area (Å²) in [5.41, 5.74) is 10.1. The van der Waals surface area contributed by atoms with Crippen LogP contribution in [0.2, 0.25) is 0 Å². The number of hydrogen-bond acceptors (Lipinski definition) is 5. The molecule has 32 heavy (non-hydrogen) atoms. The van der Waals surface area contributed by atoms with Crippen molar-refractivity contribution in [2.75, 3.05) is 19.7 Å². The van der Waals surface area contributed by atoms with Crippen molar-refractivity contribution in [2.24, 2.45) is 11.7 Å². The van der Waals surface area contributed by atoms with Crippen molar-refractivity contribution in [3.63, 3.8) is 0 Å². The number of ether oxygens (including phenoxy) is 1. The third-order valence-electron chi connectivity index (χ3n) is 9.12. The number of H-pyrrole nitrogens is 1. The summed E-state index contributed by atoms with van der Waals surface area (Å²) in [5.74, 6) is 1.06. The average molecular weight is 438 g/mol. The number of nitrogens with two attached hydrogens (primary N) is 1. The van der Waals surface area contributed by atoms with Crippen molar-refractivity contribution >= 4 is 16.7 Å². The fourth-order valence-corrected chi connectivity index (χ4v) is 7.63. The van der Waals surface area contributed by atoms with E-state index in [-0.39, 0.29) is 34.8 Å². The van der Waals surface area contributed by atoms with E-state index in [4.69, 9.17) is 10.5 Å². The van der Waals surface area contributed by atoms with Crippen molar-refractivity contribution in [3.05, 3.63) is 29.0 Å². The second-order valence-corrected chi connectivity index (χ2v) is 12.1. The van der Waals surface area contributed by atoms with E-state index in [9.17, 15) is 9.90 Å². The molecule has 0 bridgehead atoms. The summed E-state index contributed by atoms with van der Waals surface area (Å²) in [4.78, 5) is 19.3. The van der Waals surface area contributed by atoms with Gasteiger partial charge in [-0.15, -0.1) is 0 Å². The molecule has 3 aliphatic heterocycles. The minimum absolute atomic E-state index is 0.136. The van der Waals surface area contributed by atoms with Crippen LogP contribution in [0.1, 0.15) is 75.0 Å². The molecule has 0 radical (unpaired) electrons. The largest absolute Gasteiger partial charge is 0.487 e. The number of Topliss-reactive ketones (excluding diaryl/α,β-unsaturated/α-hetero) is 1. The Morgan fingerprint density at radius 3 is 2.78 bits per heavy atom. The van der Waals surface area contributed by atoms with Crippen LogP contribution in [0.5, 0.6) is 5.75 Å². The molecule has 0 spiro atoms. The van der Waals surface area contributed by atoms with Gasteiger partial charge in [0, 0.05) is 34.1 Å². The second-order valence-electron chi connectivity index (χ2n) is 12.1. The summed E-state index contributed by atoms with van der Waals surface area (Å²) >= 11 is 0. The number of aliphatic hydroxyl groups excluding tert-OH is 1. The van der Waals surface area contributed by atoms with Gasteiger partial charge in [-0.2, -0.15) is 0 Å². The van der Waals surface area contributed by atoms with Crippen LogP contribution >= 0.6 is 0 Å². The molecule has 6 nitrogen and oxygen atoms in total. The highest BCUT2D eigenvalue weighted by molar-refractivity contribution is 6.11. The zero-order valence-electron chi connectivity index (χ0n) is 19.7. The maximum absolute atomic E-state index is 13.2. The lowest BCUT2D eigenvalue weighted by atomic mass is 9.54.